The smallest absolute Gasteiger partial charge is 0.180 e. The number of halogens is 1. The first-order valence-corrected chi connectivity index (χ1v) is 5.51. The van der Waals surface area contributed by atoms with Crippen molar-refractivity contribution in [2.75, 3.05) is 19.8 Å². The molecule has 0 aliphatic carbocycles. The summed E-state index contributed by atoms with van der Waals surface area (Å²) in [6.07, 6.45) is 0.707. The van der Waals surface area contributed by atoms with Gasteiger partial charge in [0, 0.05) is 0 Å². The Labute approximate surface area is 99.2 Å². The molecule has 0 unspecified atom stereocenters. The minimum absolute atomic E-state index is 0.455. The minimum Gasteiger partial charge on any atom is -0.486 e. The molecule has 16 heavy (non-hydrogen) atoms. The van der Waals surface area contributed by atoms with Crippen molar-refractivity contribution < 1.29 is 14.3 Å². The number of benzene rings is 1. The highest BCUT2D eigenvalue weighted by Crippen LogP contribution is 2.41. The summed E-state index contributed by atoms with van der Waals surface area (Å²) in [4.78, 5) is 4.57. The van der Waals surface area contributed by atoms with Crippen LogP contribution in [0, 0.1) is 6.92 Å². The predicted octanol–water partition coefficient (Wildman–Crippen LogP) is 1.85. The maximum atomic E-state index is 6.22. The van der Waals surface area contributed by atoms with Crippen LogP contribution in [0.2, 0.25) is 5.02 Å². The minimum atomic E-state index is 0.455. The van der Waals surface area contributed by atoms with Crippen LogP contribution in [0.3, 0.4) is 0 Å². The standard InChI is InChI=1S/C11H14ClNO3/c1-7-8(2-3-16-13)6-9-11(10(7)12)15-5-4-14-9/h6H,2-5,13H2,1H3. The van der Waals surface area contributed by atoms with Crippen LogP contribution >= 0.6 is 11.6 Å². The van der Waals surface area contributed by atoms with Crippen LogP contribution in [0.4, 0.5) is 0 Å². The highest BCUT2D eigenvalue weighted by atomic mass is 35.5. The average molecular weight is 244 g/mol. The number of nitrogens with two attached hydrogens (primary N) is 1. The van der Waals surface area contributed by atoms with E-state index in [-0.39, 0.29) is 0 Å². The summed E-state index contributed by atoms with van der Waals surface area (Å²) < 4.78 is 11.0. The Morgan fingerprint density at radius 1 is 1.44 bits per heavy atom. The van der Waals surface area contributed by atoms with Crippen molar-refractivity contribution in [1.82, 2.24) is 0 Å². The molecule has 88 valence electrons. The molecule has 0 amide bonds. The monoisotopic (exact) mass is 243 g/mol. The van der Waals surface area contributed by atoms with E-state index in [0.717, 1.165) is 11.1 Å². The summed E-state index contributed by atoms with van der Waals surface area (Å²) in [5.41, 5.74) is 2.06. The van der Waals surface area contributed by atoms with Crippen molar-refractivity contribution in [2.24, 2.45) is 5.90 Å². The lowest BCUT2D eigenvalue weighted by Crippen LogP contribution is -2.16. The molecule has 2 rings (SSSR count). The SMILES string of the molecule is Cc1c(CCON)cc2c(c1Cl)OCCO2. The summed E-state index contributed by atoms with van der Waals surface area (Å²) in [5.74, 6) is 6.36. The van der Waals surface area contributed by atoms with Gasteiger partial charge < -0.3 is 14.3 Å². The molecule has 0 bridgehead atoms. The molecule has 1 heterocycles. The molecular formula is C11H14ClNO3. The van der Waals surface area contributed by atoms with Gasteiger partial charge in [-0.25, -0.2) is 5.90 Å². The first-order chi connectivity index (χ1) is 7.74. The molecule has 0 spiro atoms. The van der Waals surface area contributed by atoms with Crippen molar-refractivity contribution in [1.29, 1.82) is 0 Å². The Hall–Kier alpha value is -0.970. The number of fused-ring (bicyclic) bond motifs is 1. The van der Waals surface area contributed by atoms with Crippen LogP contribution in [0.15, 0.2) is 6.07 Å². The van der Waals surface area contributed by atoms with E-state index in [0.29, 0.717) is 42.8 Å². The first kappa shape index (κ1) is 11.5. The Kier molecular flexibility index (Phi) is 3.53. The van der Waals surface area contributed by atoms with Crippen LogP contribution < -0.4 is 15.4 Å². The van der Waals surface area contributed by atoms with Gasteiger partial charge in [-0.3, -0.25) is 0 Å². The second-order valence-electron chi connectivity index (χ2n) is 3.62. The Morgan fingerprint density at radius 3 is 2.94 bits per heavy atom. The van der Waals surface area contributed by atoms with Crippen LogP contribution in [-0.4, -0.2) is 19.8 Å². The van der Waals surface area contributed by atoms with E-state index in [2.05, 4.69) is 4.84 Å². The van der Waals surface area contributed by atoms with E-state index < -0.39 is 0 Å². The van der Waals surface area contributed by atoms with Gasteiger partial charge in [-0.05, 0) is 30.5 Å². The maximum Gasteiger partial charge on any atom is 0.180 e. The van der Waals surface area contributed by atoms with Crippen LogP contribution in [0.5, 0.6) is 11.5 Å². The van der Waals surface area contributed by atoms with Crippen LogP contribution in [-0.2, 0) is 11.3 Å². The second kappa shape index (κ2) is 4.91. The zero-order valence-electron chi connectivity index (χ0n) is 9.09. The van der Waals surface area contributed by atoms with Gasteiger partial charge in [0.15, 0.2) is 11.5 Å². The molecule has 5 heteroatoms. The number of ether oxygens (including phenoxy) is 2. The third-order valence-corrected chi connectivity index (χ3v) is 3.07. The summed E-state index contributed by atoms with van der Waals surface area (Å²) in [6, 6.07) is 1.94. The van der Waals surface area contributed by atoms with E-state index in [1.165, 1.54) is 0 Å². The van der Waals surface area contributed by atoms with E-state index in [9.17, 15) is 0 Å². The number of hydrogen-bond donors (Lipinski definition) is 1. The quantitative estimate of drug-likeness (QED) is 0.824. The fourth-order valence-corrected chi connectivity index (χ4v) is 1.99. The second-order valence-corrected chi connectivity index (χ2v) is 4.00. The molecule has 1 aliphatic heterocycles. The summed E-state index contributed by atoms with van der Waals surface area (Å²) >= 11 is 6.22. The molecule has 2 N–H and O–H groups in total. The lowest BCUT2D eigenvalue weighted by atomic mass is 10.0. The third-order valence-electron chi connectivity index (χ3n) is 2.62. The van der Waals surface area contributed by atoms with Crippen molar-refractivity contribution >= 4 is 11.6 Å². The van der Waals surface area contributed by atoms with Gasteiger partial charge in [0.25, 0.3) is 0 Å². The molecule has 0 radical (unpaired) electrons. The lowest BCUT2D eigenvalue weighted by molar-refractivity contribution is 0.140. The normalized spacial score (nSPS) is 13.9. The maximum absolute atomic E-state index is 6.22. The molecule has 0 aromatic heterocycles. The predicted molar refractivity (Wildman–Crippen MR) is 61.0 cm³/mol. The molecule has 1 aromatic carbocycles. The van der Waals surface area contributed by atoms with Gasteiger partial charge in [0.2, 0.25) is 0 Å². The van der Waals surface area contributed by atoms with Crippen LogP contribution in [0.1, 0.15) is 11.1 Å². The van der Waals surface area contributed by atoms with Gasteiger partial charge in [-0.1, -0.05) is 11.6 Å². The Morgan fingerprint density at radius 2 is 2.19 bits per heavy atom. The molecule has 0 saturated carbocycles. The van der Waals surface area contributed by atoms with E-state index >= 15 is 0 Å². The van der Waals surface area contributed by atoms with E-state index in [1.54, 1.807) is 0 Å². The summed E-state index contributed by atoms with van der Waals surface area (Å²) in [5, 5.41) is 0.615. The fourth-order valence-electron chi connectivity index (χ4n) is 1.72. The highest BCUT2D eigenvalue weighted by Gasteiger charge is 2.19. The molecule has 0 fully saturated rings. The van der Waals surface area contributed by atoms with Crippen molar-refractivity contribution in [3.8, 4) is 11.5 Å². The van der Waals surface area contributed by atoms with Gasteiger partial charge >= 0.3 is 0 Å². The zero-order chi connectivity index (χ0) is 11.5. The Bertz CT molecular complexity index is 395. The third kappa shape index (κ3) is 2.09. The molecular weight excluding hydrogens is 230 g/mol. The molecule has 1 aromatic rings. The van der Waals surface area contributed by atoms with Gasteiger partial charge in [-0.2, -0.15) is 0 Å². The summed E-state index contributed by atoms with van der Waals surface area (Å²) in [6.45, 7) is 3.50. The zero-order valence-corrected chi connectivity index (χ0v) is 9.84. The van der Waals surface area contributed by atoms with Gasteiger partial charge in [0.05, 0.1) is 11.6 Å². The fraction of sp³-hybridized carbons (Fsp3) is 0.455. The highest BCUT2D eigenvalue weighted by molar-refractivity contribution is 6.33. The van der Waals surface area contributed by atoms with Crippen molar-refractivity contribution in [3.63, 3.8) is 0 Å². The lowest BCUT2D eigenvalue weighted by Gasteiger charge is -2.22. The van der Waals surface area contributed by atoms with Gasteiger partial charge in [-0.15, -0.1) is 0 Å². The van der Waals surface area contributed by atoms with Crippen LogP contribution in [0.25, 0.3) is 0 Å². The Balaban J connectivity index is 2.36. The average Bonchev–Trinajstić information content (AvgIpc) is 2.32. The van der Waals surface area contributed by atoms with E-state index in [1.807, 2.05) is 13.0 Å². The molecule has 0 saturated heterocycles. The topological polar surface area (TPSA) is 53.7 Å². The molecule has 0 atom stereocenters. The van der Waals surface area contributed by atoms with Crippen molar-refractivity contribution in [3.05, 3.63) is 22.2 Å². The van der Waals surface area contributed by atoms with E-state index in [4.69, 9.17) is 27.0 Å². The first-order valence-electron chi connectivity index (χ1n) is 5.13. The summed E-state index contributed by atoms with van der Waals surface area (Å²) in [7, 11) is 0. The number of hydrogen-bond acceptors (Lipinski definition) is 4. The van der Waals surface area contributed by atoms with Crippen molar-refractivity contribution in [2.45, 2.75) is 13.3 Å². The largest absolute Gasteiger partial charge is 0.486 e. The van der Waals surface area contributed by atoms with Gasteiger partial charge in [0.1, 0.15) is 13.2 Å². The molecule has 4 nitrogen and oxygen atoms in total. The molecule has 1 aliphatic rings. The number of rotatable bonds is 3.